The molecule has 1 aliphatic rings. The molecule has 2 aromatic carbocycles. The van der Waals surface area contributed by atoms with Gasteiger partial charge in [-0.3, -0.25) is 4.72 Å². The van der Waals surface area contributed by atoms with E-state index in [-0.39, 0.29) is 34.2 Å². The number of ether oxygens (including phenoxy) is 2. The molecule has 0 amide bonds. The van der Waals surface area contributed by atoms with Crippen LogP contribution >= 0.6 is 0 Å². The number of rotatable bonds is 10. The molecule has 0 atom stereocenters. The number of anilines is 1. The van der Waals surface area contributed by atoms with Gasteiger partial charge in [-0.25, -0.2) is 13.6 Å². The van der Waals surface area contributed by atoms with Gasteiger partial charge in [-0.2, -0.15) is 10.2 Å². The van der Waals surface area contributed by atoms with Crippen LogP contribution in [0.1, 0.15) is 44.2 Å². The first-order valence-electron chi connectivity index (χ1n) is 12.8. The van der Waals surface area contributed by atoms with Crippen molar-refractivity contribution >= 4 is 32.3 Å². The second-order valence-electron chi connectivity index (χ2n) is 9.52. The Kier molecular flexibility index (Phi) is 7.32. The summed E-state index contributed by atoms with van der Waals surface area (Å²) in [4.78, 5) is 15.5. The number of pyridine rings is 1. The lowest BCUT2D eigenvalue weighted by atomic mass is 9.92. The number of methoxy groups -OCH3 is 1. The van der Waals surface area contributed by atoms with E-state index in [1.807, 2.05) is 12.1 Å². The molecule has 0 radical (unpaired) electrons. The summed E-state index contributed by atoms with van der Waals surface area (Å²) in [5.74, 6) is 0.450. The van der Waals surface area contributed by atoms with Crippen molar-refractivity contribution in [3.63, 3.8) is 0 Å². The molecule has 1 fully saturated rings. The summed E-state index contributed by atoms with van der Waals surface area (Å²) in [6, 6.07) is 17.5. The van der Waals surface area contributed by atoms with Crippen LogP contribution in [0.15, 0.2) is 54.6 Å². The fourth-order valence-corrected chi connectivity index (χ4v) is 5.97. The smallest absolute Gasteiger partial charge is 0.378 e. The van der Waals surface area contributed by atoms with Crippen molar-refractivity contribution < 1.29 is 28.0 Å². The minimum Gasteiger partial charge on any atom is -0.481 e. The Morgan fingerprint density at radius 2 is 1.93 bits per heavy atom. The fraction of sp³-hybridized carbons (Fsp3) is 0.286. The Bertz CT molecular complexity index is 1740. The predicted octanol–water partition coefficient (Wildman–Crippen LogP) is 6.05. The zero-order chi connectivity index (χ0) is 28.4. The Morgan fingerprint density at radius 1 is 1.18 bits per heavy atom. The van der Waals surface area contributed by atoms with Gasteiger partial charge in [-0.15, -0.1) is 0 Å². The Labute approximate surface area is 231 Å². The highest BCUT2D eigenvalue weighted by molar-refractivity contribution is 7.92. The lowest BCUT2D eigenvalue weighted by Gasteiger charge is -2.30. The van der Waals surface area contributed by atoms with E-state index < -0.39 is 10.0 Å². The van der Waals surface area contributed by atoms with Crippen molar-refractivity contribution in [1.29, 1.82) is 5.26 Å². The molecule has 4 aromatic rings. The monoisotopic (exact) mass is 562 g/mol. The molecule has 0 spiro atoms. The first-order chi connectivity index (χ1) is 19.2. The van der Waals surface area contributed by atoms with Crippen LogP contribution in [0, 0.1) is 16.2 Å². The molecular formula is C28H28N5O6S+. The van der Waals surface area contributed by atoms with E-state index >= 15 is 0 Å². The number of hydrogen-bond acceptors (Lipinski definition) is 7. The van der Waals surface area contributed by atoms with Gasteiger partial charge in [-0.05, 0) is 55.5 Å². The van der Waals surface area contributed by atoms with Gasteiger partial charge in [0.15, 0.2) is 0 Å². The first-order valence-corrected chi connectivity index (χ1v) is 14.5. The van der Waals surface area contributed by atoms with E-state index in [2.05, 4.69) is 20.3 Å². The maximum absolute atomic E-state index is 12.2. The van der Waals surface area contributed by atoms with Gasteiger partial charge in [0.25, 0.3) is 4.92 Å². The predicted molar refractivity (Wildman–Crippen MR) is 149 cm³/mol. The molecule has 0 bridgehead atoms. The molecule has 11 nitrogen and oxygen atoms in total. The Morgan fingerprint density at radius 3 is 2.52 bits per heavy atom. The number of benzene rings is 2. The molecule has 0 unspecified atom stereocenters. The van der Waals surface area contributed by atoms with Crippen LogP contribution in [0.5, 0.6) is 17.5 Å². The van der Waals surface area contributed by atoms with Crippen molar-refractivity contribution in [3.8, 4) is 34.8 Å². The van der Waals surface area contributed by atoms with Crippen molar-refractivity contribution in [2.75, 3.05) is 17.6 Å². The highest BCUT2D eigenvalue weighted by Gasteiger charge is 2.29. The summed E-state index contributed by atoms with van der Waals surface area (Å²) in [5.41, 5.74) is 3.05. The molecule has 12 heteroatoms. The first kappa shape index (κ1) is 27.0. The van der Waals surface area contributed by atoms with Gasteiger partial charge < -0.3 is 14.0 Å². The maximum atomic E-state index is 12.2. The molecule has 5 rings (SSSR count). The molecule has 40 heavy (non-hydrogen) atoms. The summed E-state index contributed by atoms with van der Waals surface area (Å²) < 4.78 is 40.2. The van der Waals surface area contributed by atoms with Crippen LogP contribution < -0.4 is 14.2 Å². The molecule has 2 aromatic heterocycles. The fourth-order valence-electron chi connectivity index (χ4n) is 4.83. The van der Waals surface area contributed by atoms with Gasteiger partial charge in [0.2, 0.25) is 15.9 Å². The third-order valence-corrected chi connectivity index (χ3v) is 8.37. The molecule has 2 heterocycles. The average molecular weight is 563 g/mol. The third kappa shape index (κ3) is 5.15. The van der Waals surface area contributed by atoms with Crippen molar-refractivity contribution in [1.82, 2.24) is 9.55 Å². The lowest BCUT2D eigenvalue weighted by Crippen LogP contribution is -2.18. The van der Waals surface area contributed by atoms with Gasteiger partial charge in [-0.1, -0.05) is 19.1 Å². The zero-order valence-electron chi connectivity index (χ0n) is 22.0. The van der Waals surface area contributed by atoms with E-state index in [0.29, 0.717) is 23.4 Å². The number of nitriles is 1. The quantitative estimate of drug-likeness (QED) is 0.222. The average Bonchev–Trinajstić information content (AvgIpc) is 3.20. The third-order valence-electron chi connectivity index (χ3n) is 6.88. The summed E-state index contributed by atoms with van der Waals surface area (Å²) in [7, 11) is -2.00. The van der Waals surface area contributed by atoms with Crippen LogP contribution in [0.2, 0.25) is 0 Å². The Hall–Kier alpha value is -4.63. The summed E-state index contributed by atoms with van der Waals surface area (Å²) in [5, 5.41) is 20.5. The minimum atomic E-state index is -3.43. The largest absolute Gasteiger partial charge is 0.481 e. The highest BCUT2D eigenvalue weighted by atomic mass is 32.2. The molecule has 2 N–H and O–H groups in total. The highest BCUT2D eigenvalue weighted by Crippen LogP contribution is 2.44. The number of aromatic nitrogens is 2. The number of fused-ring (bicyclic) bond motifs is 1. The maximum Gasteiger partial charge on any atom is 0.378 e. The van der Waals surface area contributed by atoms with Crippen LogP contribution in [-0.4, -0.2) is 41.0 Å². The van der Waals surface area contributed by atoms with Crippen molar-refractivity contribution in [2.45, 2.75) is 38.6 Å². The normalized spacial score (nSPS) is 13.4. The molecule has 1 aliphatic carbocycles. The summed E-state index contributed by atoms with van der Waals surface area (Å²) in [6.07, 6.45) is 3.46. The van der Waals surface area contributed by atoms with E-state index in [0.717, 1.165) is 41.4 Å². The summed E-state index contributed by atoms with van der Waals surface area (Å²) in [6.45, 7) is 1.80. The number of sulfonamides is 1. The zero-order valence-corrected chi connectivity index (χ0v) is 22.8. The molecular weight excluding hydrogens is 534 g/mol. The van der Waals surface area contributed by atoms with Crippen LogP contribution in [-0.2, 0) is 10.0 Å². The van der Waals surface area contributed by atoms with E-state index in [1.54, 1.807) is 37.3 Å². The molecule has 1 saturated carbocycles. The van der Waals surface area contributed by atoms with E-state index in [1.165, 1.54) is 19.2 Å². The second kappa shape index (κ2) is 10.9. The van der Waals surface area contributed by atoms with Crippen molar-refractivity contribution in [3.05, 3.63) is 65.1 Å². The molecule has 0 saturated heterocycles. The van der Waals surface area contributed by atoms with Gasteiger partial charge >= 0.3 is 11.6 Å². The number of hydrogen-bond donors (Lipinski definition) is 2. The topological polar surface area (TPSA) is 147 Å². The van der Waals surface area contributed by atoms with E-state index in [4.69, 9.17) is 9.47 Å². The van der Waals surface area contributed by atoms with Crippen LogP contribution in [0.25, 0.3) is 22.2 Å². The van der Waals surface area contributed by atoms with Crippen LogP contribution in [0.3, 0.4) is 0 Å². The summed E-state index contributed by atoms with van der Waals surface area (Å²) >= 11 is 0. The second-order valence-corrected chi connectivity index (χ2v) is 11.4. The van der Waals surface area contributed by atoms with Crippen molar-refractivity contribution in [2.24, 2.45) is 0 Å². The Balaban J connectivity index is 1.59. The lowest BCUT2D eigenvalue weighted by molar-refractivity contribution is -0.730. The van der Waals surface area contributed by atoms with E-state index in [9.17, 15) is 23.8 Å². The van der Waals surface area contributed by atoms with Crippen LogP contribution in [0.4, 0.5) is 11.4 Å². The van der Waals surface area contributed by atoms with Gasteiger partial charge in [0.1, 0.15) is 11.8 Å². The molecule has 0 aliphatic heterocycles. The standard InChI is InChI=1S/C28H28N5O6S/c1-3-15-40(36,37)31-19-9-7-18(8-10-19)27-23(17-29)22-12-11-21(16-25(22)32(27)20-5-4-6-20)39-28-24(33(34)35)13-14-26(30-28)38-2/h7-14,16,20,31H,3-6,15H2,1-2H3,(H,34,35)/q+1. The SMILES string of the molecule is CCCS(=O)(=O)Nc1ccc(-c2c(C#N)c3ccc(Oc4nc(OC)ccc4[N+](=O)O)cc3n2C2CCC2)cc1. The number of nitrogens with zero attached hydrogens (tertiary/aromatic N) is 4. The minimum absolute atomic E-state index is 0.0333. The van der Waals surface area contributed by atoms with Gasteiger partial charge in [0, 0.05) is 35.3 Å². The number of nitrogens with one attached hydrogen (secondary N) is 1. The van der Waals surface area contributed by atoms with Gasteiger partial charge in [0.05, 0.1) is 34.5 Å². The molecule has 206 valence electrons.